The van der Waals surface area contributed by atoms with E-state index in [1.165, 1.54) is 17.3 Å². The number of carbonyl (C=O) groups excluding carboxylic acids is 1. The molecule has 1 amide bonds. The van der Waals surface area contributed by atoms with Crippen molar-refractivity contribution in [1.82, 2.24) is 19.6 Å². The number of halogens is 1. The minimum atomic E-state index is -1.22. The zero-order valence-corrected chi connectivity index (χ0v) is 15.7. The summed E-state index contributed by atoms with van der Waals surface area (Å²) in [5.41, 5.74) is 2.04. The molecule has 2 aromatic heterocycles. The Hall–Kier alpha value is -2.94. The molecule has 2 N–H and O–H groups in total. The molecule has 0 radical (unpaired) electrons. The first kappa shape index (κ1) is 17.9. The molecule has 0 atom stereocenters. The van der Waals surface area contributed by atoms with Crippen LogP contribution in [0.3, 0.4) is 0 Å². The van der Waals surface area contributed by atoms with Crippen molar-refractivity contribution < 1.29 is 14.7 Å². The Morgan fingerprint density at radius 3 is 2.62 bits per heavy atom. The highest BCUT2D eigenvalue weighted by molar-refractivity contribution is 9.10. The second-order valence-electron chi connectivity index (χ2n) is 5.80. The largest absolute Gasteiger partial charge is 0.478 e. The van der Waals surface area contributed by atoms with Crippen LogP contribution in [0.25, 0.3) is 0 Å². The van der Waals surface area contributed by atoms with Crippen molar-refractivity contribution in [3.05, 3.63) is 63.5 Å². The van der Waals surface area contributed by atoms with Crippen LogP contribution in [0.4, 0.5) is 5.82 Å². The Labute approximate surface area is 157 Å². The number of benzene rings is 1. The number of hydrogen-bond acceptors (Lipinski definition) is 4. The summed E-state index contributed by atoms with van der Waals surface area (Å²) in [7, 11) is 1.51. The van der Waals surface area contributed by atoms with E-state index < -0.39 is 11.9 Å². The summed E-state index contributed by atoms with van der Waals surface area (Å²) < 4.78 is 3.50. The van der Waals surface area contributed by atoms with Gasteiger partial charge in [-0.1, -0.05) is 29.8 Å². The Morgan fingerprint density at radius 2 is 1.96 bits per heavy atom. The van der Waals surface area contributed by atoms with Gasteiger partial charge in [-0.05, 0) is 28.4 Å². The lowest BCUT2D eigenvalue weighted by Crippen LogP contribution is -2.20. The van der Waals surface area contributed by atoms with E-state index in [9.17, 15) is 14.7 Å². The van der Waals surface area contributed by atoms with Crippen molar-refractivity contribution in [3.8, 4) is 0 Å². The molecule has 0 unspecified atom stereocenters. The second kappa shape index (κ2) is 7.12. The number of hydrogen-bond donors (Lipinski definition) is 2. The van der Waals surface area contributed by atoms with Gasteiger partial charge in [0.15, 0.2) is 5.82 Å². The third-order valence-electron chi connectivity index (χ3n) is 3.80. The maximum atomic E-state index is 12.5. The van der Waals surface area contributed by atoms with Crippen LogP contribution in [0, 0.1) is 6.92 Å². The number of aromatic carboxylic acids is 1. The fourth-order valence-electron chi connectivity index (χ4n) is 2.47. The van der Waals surface area contributed by atoms with Crippen molar-refractivity contribution in [2.75, 3.05) is 5.32 Å². The SMILES string of the molecule is Cc1ccc(Cn2cc(Br)c(NC(=O)c3c(C(=O)O)cnn3C)n2)cc1. The van der Waals surface area contributed by atoms with Gasteiger partial charge in [0.25, 0.3) is 5.91 Å². The summed E-state index contributed by atoms with van der Waals surface area (Å²) >= 11 is 3.36. The zero-order chi connectivity index (χ0) is 18.8. The van der Waals surface area contributed by atoms with E-state index in [2.05, 4.69) is 31.4 Å². The van der Waals surface area contributed by atoms with Crippen molar-refractivity contribution in [3.63, 3.8) is 0 Å². The number of aromatic nitrogens is 4. The van der Waals surface area contributed by atoms with Gasteiger partial charge >= 0.3 is 5.97 Å². The van der Waals surface area contributed by atoms with Crippen LogP contribution in [-0.2, 0) is 13.6 Å². The van der Waals surface area contributed by atoms with Gasteiger partial charge in [-0.15, -0.1) is 0 Å². The third kappa shape index (κ3) is 3.67. The number of amides is 1. The maximum Gasteiger partial charge on any atom is 0.339 e. The van der Waals surface area contributed by atoms with Gasteiger partial charge in [0.05, 0.1) is 17.2 Å². The molecule has 0 bridgehead atoms. The Kier molecular flexibility index (Phi) is 4.90. The number of carboxylic acids is 1. The van der Waals surface area contributed by atoms with Crippen LogP contribution in [0.5, 0.6) is 0 Å². The van der Waals surface area contributed by atoms with Crippen LogP contribution < -0.4 is 5.32 Å². The topological polar surface area (TPSA) is 102 Å². The standard InChI is InChI=1S/C17H16BrN5O3/c1-10-3-5-11(6-4-10)8-23-9-13(18)15(21-23)20-16(24)14-12(17(25)26)7-19-22(14)2/h3-7,9H,8H2,1-2H3,(H,25,26)(H,20,21,24). The summed E-state index contributed by atoms with van der Waals surface area (Å²) in [4.78, 5) is 23.7. The van der Waals surface area contributed by atoms with Gasteiger partial charge in [0.2, 0.25) is 0 Å². The number of carboxylic acid groups (broad SMARTS) is 1. The summed E-state index contributed by atoms with van der Waals surface area (Å²) in [5, 5.41) is 20.0. The van der Waals surface area contributed by atoms with E-state index >= 15 is 0 Å². The molecule has 0 aliphatic carbocycles. The lowest BCUT2D eigenvalue weighted by atomic mass is 10.1. The van der Waals surface area contributed by atoms with Crippen LogP contribution in [0.2, 0.25) is 0 Å². The zero-order valence-electron chi connectivity index (χ0n) is 14.1. The van der Waals surface area contributed by atoms with Crippen molar-refractivity contribution in [2.45, 2.75) is 13.5 Å². The van der Waals surface area contributed by atoms with Gasteiger partial charge in [0, 0.05) is 13.2 Å². The molecular formula is C17H16BrN5O3. The normalized spacial score (nSPS) is 10.7. The highest BCUT2D eigenvalue weighted by Crippen LogP contribution is 2.22. The predicted molar refractivity (Wildman–Crippen MR) is 98.3 cm³/mol. The molecule has 3 rings (SSSR count). The Morgan fingerprint density at radius 1 is 1.27 bits per heavy atom. The molecular weight excluding hydrogens is 402 g/mol. The van der Waals surface area contributed by atoms with Crippen molar-refractivity contribution >= 4 is 33.6 Å². The minimum absolute atomic E-state index is 0.0440. The lowest BCUT2D eigenvalue weighted by Gasteiger charge is -2.05. The van der Waals surface area contributed by atoms with Crippen molar-refractivity contribution in [1.29, 1.82) is 0 Å². The molecule has 1 aromatic carbocycles. The van der Waals surface area contributed by atoms with Gasteiger partial charge in [-0.25, -0.2) is 4.79 Å². The number of nitrogens with one attached hydrogen (secondary N) is 1. The first-order valence-electron chi connectivity index (χ1n) is 7.70. The maximum absolute atomic E-state index is 12.5. The van der Waals surface area contributed by atoms with Gasteiger partial charge in [0.1, 0.15) is 11.3 Å². The molecule has 3 aromatic rings. The third-order valence-corrected chi connectivity index (χ3v) is 4.38. The summed E-state index contributed by atoms with van der Waals surface area (Å²) in [6, 6.07) is 8.06. The molecule has 2 heterocycles. The molecule has 26 heavy (non-hydrogen) atoms. The van der Waals surface area contributed by atoms with E-state index in [1.54, 1.807) is 10.9 Å². The predicted octanol–water partition coefficient (Wildman–Crippen LogP) is 2.69. The average molecular weight is 418 g/mol. The summed E-state index contributed by atoms with van der Waals surface area (Å²) in [5.74, 6) is -1.50. The van der Waals surface area contributed by atoms with E-state index in [4.69, 9.17) is 0 Å². The fourth-order valence-corrected chi connectivity index (χ4v) is 2.89. The number of rotatable bonds is 5. The first-order valence-corrected chi connectivity index (χ1v) is 8.49. The van der Waals surface area contributed by atoms with E-state index in [0.29, 0.717) is 16.8 Å². The number of anilines is 1. The summed E-state index contributed by atoms with van der Waals surface area (Å²) in [6.45, 7) is 2.56. The smallest absolute Gasteiger partial charge is 0.339 e. The van der Waals surface area contributed by atoms with Gasteiger partial charge < -0.3 is 10.4 Å². The van der Waals surface area contributed by atoms with E-state index in [0.717, 1.165) is 11.8 Å². The molecule has 0 saturated heterocycles. The van der Waals surface area contributed by atoms with E-state index in [-0.39, 0.29) is 11.3 Å². The Balaban J connectivity index is 1.79. The molecule has 134 valence electrons. The number of carbonyl (C=O) groups is 2. The molecule has 0 aliphatic heterocycles. The van der Waals surface area contributed by atoms with E-state index in [1.807, 2.05) is 31.2 Å². The molecule has 8 nitrogen and oxygen atoms in total. The van der Waals surface area contributed by atoms with Gasteiger partial charge in [-0.3, -0.25) is 14.2 Å². The van der Waals surface area contributed by atoms with Crippen LogP contribution >= 0.6 is 15.9 Å². The van der Waals surface area contributed by atoms with Crippen LogP contribution in [-0.4, -0.2) is 36.5 Å². The highest BCUT2D eigenvalue weighted by atomic mass is 79.9. The van der Waals surface area contributed by atoms with Crippen molar-refractivity contribution in [2.24, 2.45) is 7.05 Å². The first-order chi connectivity index (χ1) is 12.3. The summed E-state index contributed by atoms with van der Waals surface area (Å²) in [6.07, 6.45) is 2.89. The van der Waals surface area contributed by atoms with Crippen LogP contribution in [0.15, 0.2) is 41.1 Å². The molecule has 9 heteroatoms. The monoisotopic (exact) mass is 417 g/mol. The fraction of sp³-hybridized carbons (Fsp3) is 0.176. The molecule has 0 aliphatic rings. The lowest BCUT2D eigenvalue weighted by molar-refractivity contribution is 0.0692. The average Bonchev–Trinajstić information content (AvgIpc) is 3.13. The second-order valence-corrected chi connectivity index (χ2v) is 6.65. The highest BCUT2D eigenvalue weighted by Gasteiger charge is 2.23. The Bertz CT molecular complexity index is 975. The number of aryl methyl sites for hydroxylation is 2. The van der Waals surface area contributed by atoms with Crippen LogP contribution in [0.1, 0.15) is 32.0 Å². The molecule has 0 fully saturated rings. The minimum Gasteiger partial charge on any atom is -0.478 e. The number of nitrogens with zero attached hydrogens (tertiary/aromatic N) is 4. The molecule has 0 saturated carbocycles. The molecule has 0 spiro atoms. The quantitative estimate of drug-likeness (QED) is 0.664. The van der Waals surface area contributed by atoms with Gasteiger partial charge in [-0.2, -0.15) is 10.2 Å².